The number of nitrogens with zero attached hydrogens (tertiary/aromatic N) is 4. The van der Waals surface area contributed by atoms with Crippen LogP contribution in [-0.4, -0.2) is 67.6 Å². The van der Waals surface area contributed by atoms with Crippen molar-refractivity contribution < 1.29 is 14.3 Å². The van der Waals surface area contributed by atoms with E-state index in [1.165, 1.54) is 0 Å². The van der Waals surface area contributed by atoms with Crippen molar-refractivity contribution in [1.29, 1.82) is 0 Å². The Morgan fingerprint density at radius 3 is 2.50 bits per heavy atom. The maximum Gasteiger partial charge on any atom is 0.320 e. The SMILES string of the molecule is COc1ccc([C@H]2[C@@H]3CN(c4cc(C(N)=O)ccn4)C[C@@H]3CN2C(=O)N(C)C)cc1. The van der Waals surface area contributed by atoms with Crippen molar-refractivity contribution in [3.63, 3.8) is 0 Å². The van der Waals surface area contributed by atoms with Crippen LogP contribution < -0.4 is 15.4 Å². The maximum atomic E-state index is 12.9. The predicted molar refractivity (Wildman–Crippen MR) is 113 cm³/mol. The second-order valence-corrected chi connectivity index (χ2v) is 8.14. The molecule has 2 saturated heterocycles. The van der Waals surface area contributed by atoms with Crippen molar-refractivity contribution in [2.45, 2.75) is 6.04 Å². The highest BCUT2D eigenvalue weighted by Gasteiger charge is 2.49. The zero-order chi connectivity index (χ0) is 21.4. The van der Waals surface area contributed by atoms with Gasteiger partial charge in [0.15, 0.2) is 0 Å². The third-order valence-corrected chi connectivity index (χ3v) is 6.10. The smallest absolute Gasteiger partial charge is 0.320 e. The van der Waals surface area contributed by atoms with Gasteiger partial charge in [0.1, 0.15) is 11.6 Å². The van der Waals surface area contributed by atoms with Gasteiger partial charge in [-0.3, -0.25) is 4.79 Å². The van der Waals surface area contributed by atoms with Crippen molar-refractivity contribution >= 4 is 17.8 Å². The molecule has 0 spiro atoms. The van der Waals surface area contributed by atoms with Crippen LogP contribution in [0.15, 0.2) is 42.6 Å². The summed E-state index contributed by atoms with van der Waals surface area (Å²) in [5, 5.41) is 0. The molecular formula is C22H27N5O3. The standard InChI is InChI=1S/C22H27N5O3/c1-25(2)22(29)27-12-16-11-26(19-10-15(21(23)28)8-9-24-19)13-18(16)20(27)14-4-6-17(30-3)7-5-14/h4-10,16,18,20H,11-13H2,1-3H3,(H2,23,28)/t16-,18-,20+/m1/s1. The number of aromatic nitrogens is 1. The van der Waals surface area contributed by atoms with E-state index in [1.807, 2.05) is 29.2 Å². The van der Waals surface area contributed by atoms with Gasteiger partial charge in [-0.2, -0.15) is 0 Å². The summed E-state index contributed by atoms with van der Waals surface area (Å²) in [6.07, 6.45) is 1.62. The van der Waals surface area contributed by atoms with E-state index in [0.717, 1.165) is 30.2 Å². The van der Waals surface area contributed by atoms with Gasteiger partial charge in [0.2, 0.25) is 5.91 Å². The molecule has 3 atom stereocenters. The van der Waals surface area contributed by atoms with Crippen LogP contribution >= 0.6 is 0 Å². The van der Waals surface area contributed by atoms with Gasteiger partial charge in [-0.1, -0.05) is 12.1 Å². The average Bonchev–Trinajstić information content (AvgIpc) is 3.31. The fourth-order valence-electron chi connectivity index (χ4n) is 4.66. The van der Waals surface area contributed by atoms with Crippen LogP contribution in [0, 0.1) is 11.8 Å². The van der Waals surface area contributed by atoms with E-state index in [9.17, 15) is 9.59 Å². The fourth-order valence-corrected chi connectivity index (χ4v) is 4.66. The summed E-state index contributed by atoms with van der Waals surface area (Å²) in [5.74, 6) is 1.66. The van der Waals surface area contributed by atoms with Crippen LogP contribution in [0.25, 0.3) is 0 Å². The molecule has 158 valence electrons. The van der Waals surface area contributed by atoms with Crippen LogP contribution in [0.5, 0.6) is 5.75 Å². The second kappa shape index (κ2) is 7.85. The Morgan fingerprint density at radius 1 is 1.13 bits per heavy atom. The molecule has 1 aromatic carbocycles. The molecule has 0 radical (unpaired) electrons. The molecule has 2 aromatic rings. The van der Waals surface area contributed by atoms with Gasteiger partial charge < -0.3 is 25.2 Å². The lowest BCUT2D eigenvalue weighted by atomic mass is 9.89. The number of likely N-dealkylation sites (tertiary alicyclic amines) is 1. The third kappa shape index (κ3) is 3.53. The fraction of sp³-hybridized carbons (Fsp3) is 0.409. The molecule has 2 fully saturated rings. The largest absolute Gasteiger partial charge is 0.497 e. The van der Waals surface area contributed by atoms with Gasteiger partial charge in [-0.15, -0.1) is 0 Å². The molecule has 8 nitrogen and oxygen atoms in total. The summed E-state index contributed by atoms with van der Waals surface area (Å²) < 4.78 is 5.29. The lowest BCUT2D eigenvalue weighted by Gasteiger charge is -2.32. The monoisotopic (exact) mass is 409 g/mol. The van der Waals surface area contributed by atoms with E-state index < -0.39 is 5.91 Å². The Morgan fingerprint density at radius 2 is 1.87 bits per heavy atom. The molecule has 0 unspecified atom stereocenters. The summed E-state index contributed by atoms with van der Waals surface area (Å²) in [5.41, 5.74) is 6.98. The van der Waals surface area contributed by atoms with E-state index in [2.05, 4.69) is 9.88 Å². The number of ether oxygens (including phenoxy) is 1. The highest BCUT2D eigenvalue weighted by molar-refractivity contribution is 5.93. The number of benzene rings is 1. The van der Waals surface area contributed by atoms with Crippen LogP contribution in [0.4, 0.5) is 10.6 Å². The number of fused-ring (bicyclic) bond motifs is 1. The molecule has 1 aromatic heterocycles. The number of amides is 3. The van der Waals surface area contributed by atoms with E-state index >= 15 is 0 Å². The first-order valence-electron chi connectivity index (χ1n) is 10.0. The second-order valence-electron chi connectivity index (χ2n) is 8.14. The van der Waals surface area contributed by atoms with Crippen LogP contribution in [0.1, 0.15) is 22.0 Å². The van der Waals surface area contributed by atoms with E-state index in [0.29, 0.717) is 18.0 Å². The summed E-state index contributed by atoms with van der Waals surface area (Å²) >= 11 is 0. The zero-order valence-corrected chi connectivity index (χ0v) is 17.5. The van der Waals surface area contributed by atoms with Crippen molar-refractivity contribution in [3.05, 3.63) is 53.7 Å². The minimum Gasteiger partial charge on any atom is -0.497 e. The number of pyridine rings is 1. The molecule has 3 amide bonds. The van der Waals surface area contributed by atoms with Crippen molar-refractivity contribution in [1.82, 2.24) is 14.8 Å². The molecule has 2 N–H and O–H groups in total. The summed E-state index contributed by atoms with van der Waals surface area (Å²) in [6.45, 7) is 2.22. The van der Waals surface area contributed by atoms with Crippen LogP contribution in [0.3, 0.4) is 0 Å². The highest BCUT2D eigenvalue weighted by Crippen LogP contribution is 2.46. The number of urea groups is 1. The highest BCUT2D eigenvalue weighted by atomic mass is 16.5. The molecule has 3 heterocycles. The Labute approximate surface area is 176 Å². The van der Waals surface area contributed by atoms with Gasteiger partial charge >= 0.3 is 6.03 Å². The lowest BCUT2D eigenvalue weighted by molar-refractivity contribution is 0.1000. The topological polar surface area (TPSA) is 92.0 Å². The molecule has 30 heavy (non-hydrogen) atoms. The van der Waals surface area contributed by atoms with E-state index in [-0.39, 0.29) is 18.0 Å². The van der Waals surface area contributed by atoms with Gasteiger partial charge in [0.25, 0.3) is 0 Å². The minimum atomic E-state index is -0.461. The van der Waals surface area contributed by atoms with Crippen molar-refractivity contribution in [3.8, 4) is 5.75 Å². The Balaban J connectivity index is 1.63. The van der Waals surface area contributed by atoms with Gasteiger partial charge in [0.05, 0.1) is 13.2 Å². The van der Waals surface area contributed by atoms with Gasteiger partial charge in [-0.05, 0) is 29.8 Å². The number of anilines is 1. The maximum absolute atomic E-state index is 12.9. The molecule has 0 aliphatic carbocycles. The first-order valence-corrected chi connectivity index (χ1v) is 10.0. The average molecular weight is 409 g/mol. The van der Waals surface area contributed by atoms with Gasteiger partial charge in [-0.25, -0.2) is 9.78 Å². The zero-order valence-electron chi connectivity index (χ0n) is 17.5. The third-order valence-electron chi connectivity index (χ3n) is 6.10. The quantitative estimate of drug-likeness (QED) is 0.834. The lowest BCUT2D eigenvalue weighted by Crippen LogP contribution is -2.41. The molecule has 0 saturated carbocycles. The number of carbonyl (C=O) groups is 2. The molecule has 0 bridgehead atoms. The first-order chi connectivity index (χ1) is 14.4. The number of hydrogen-bond donors (Lipinski definition) is 1. The Hall–Kier alpha value is -3.29. The molecule has 2 aliphatic rings. The Kier molecular flexibility index (Phi) is 5.24. The Bertz CT molecular complexity index is 946. The number of hydrogen-bond acceptors (Lipinski definition) is 5. The van der Waals surface area contributed by atoms with Crippen molar-refractivity contribution in [2.75, 3.05) is 45.7 Å². The molecular weight excluding hydrogens is 382 g/mol. The minimum absolute atomic E-state index is 0.0191. The number of carbonyl (C=O) groups excluding carboxylic acids is 2. The molecule has 2 aliphatic heterocycles. The van der Waals surface area contributed by atoms with E-state index in [1.54, 1.807) is 44.4 Å². The van der Waals surface area contributed by atoms with Gasteiger partial charge in [0, 0.05) is 57.3 Å². The van der Waals surface area contributed by atoms with E-state index in [4.69, 9.17) is 10.5 Å². The summed E-state index contributed by atoms with van der Waals surface area (Å²) in [4.78, 5) is 34.7. The summed E-state index contributed by atoms with van der Waals surface area (Å²) in [6, 6.07) is 11.3. The first kappa shape index (κ1) is 20.0. The summed E-state index contributed by atoms with van der Waals surface area (Å²) in [7, 11) is 5.21. The van der Waals surface area contributed by atoms with Crippen LogP contribution in [-0.2, 0) is 0 Å². The molecule has 8 heteroatoms. The predicted octanol–water partition coefficient (Wildman–Crippen LogP) is 1.98. The number of primary amides is 1. The van der Waals surface area contributed by atoms with Crippen LogP contribution in [0.2, 0.25) is 0 Å². The number of methoxy groups -OCH3 is 1. The molecule has 4 rings (SSSR count). The number of nitrogens with two attached hydrogens (primary N) is 1. The normalized spacial score (nSPS) is 22.7. The number of rotatable bonds is 4. The van der Waals surface area contributed by atoms with Crippen molar-refractivity contribution in [2.24, 2.45) is 17.6 Å².